The summed E-state index contributed by atoms with van der Waals surface area (Å²) in [6.07, 6.45) is 0. The van der Waals surface area contributed by atoms with Gasteiger partial charge in [0.25, 0.3) is 0 Å². The molecular weight excluding hydrogens is 244 g/mol. The number of rotatable bonds is 0. The molecule has 5 nitrogen and oxygen atoms in total. The lowest BCUT2D eigenvalue weighted by Gasteiger charge is -2.19. The molecule has 0 aromatic heterocycles. The van der Waals surface area contributed by atoms with Crippen LogP contribution < -0.4 is 11.5 Å². The molecule has 19 heavy (non-hydrogen) atoms. The fraction of sp³-hybridized carbons (Fsp3) is 0. The fourth-order valence-electron chi connectivity index (χ4n) is 2.25. The molecule has 5 N–H and O–H groups in total. The van der Waals surface area contributed by atoms with Gasteiger partial charge in [0.2, 0.25) is 0 Å². The number of ketones is 2. The van der Waals surface area contributed by atoms with Crippen molar-refractivity contribution >= 4 is 22.9 Å². The lowest BCUT2D eigenvalue weighted by molar-refractivity contribution is 0.0977. The van der Waals surface area contributed by atoms with Gasteiger partial charge in [-0.3, -0.25) is 9.59 Å². The van der Waals surface area contributed by atoms with Gasteiger partial charge in [0.05, 0.1) is 11.3 Å². The first-order valence-corrected chi connectivity index (χ1v) is 5.61. The van der Waals surface area contributed by atoms with Gasteiger partial charge in [0.15, 0.2) is 11.6 Å². The third-order valence-corrected chi connectivity index (χ3v) is 3.21. The maximum absolute atomic E-state index is 12.4. The number of phenols is 1. The predicted octanol–water partition coefficient (Wildman–Crippen LogP) is 1.33. The van der Waals surface area contributed by atoms with E-state index in [1.807, 2.05) is 0 Å². The minimum absolute atomic E-state index is 0.0527. The topological polar surface area (TPSA) is 106 Å². The van der Waals surface area contributed by atoms with Crippen LogP contribution in [0.4, 0.5) is 11.4 Å². The Bertz CT molecular complexity index is 751. The number of phenolic OH excluding ortho intramolecular Hbond substituents is 1. The average molecular weight is 254 g/mol. The molecule has 0 atom stereocenters. The predicted molar refractivity (Wildman–Crippen MR) is 70.2 cm³/mol. The number of nitrogen functional groups attached to an aromatic ring is 2. The number of carbonyl (C=O) groups is 2. The molecule has 0 aliphatic heterocycles. The van der Waals surface area contributed by atoms with E-state index in [4.69, 9.17) is 11.5 Å². The van der Waals surface area contributed by atoms with Gasteiger partial charge in [-0.25, -0.2) is 0 Å². The largest absolute Gasteiger partial charge is 0.505 e. The van der Waals surface area contributed by atoms with Gasteiger partial charge in [0, 0.05) is 22.4 Å². The molecule has 0 radical (unpaired) electrons. The second-order valence-corrected chi connectivity index (χ2v) is 4.39. The van der Waals surface area contributed by atoms with Gasteiger partial charge in [-0.05, 0) is 30.3 Å². The maximum atomic E-state index is 12.4. The summed E-state index contributed by atoms with van der Waals surface area (Å²) in [5, 5.41) is 9.90. The van der Waals surface area contributed by atoms with Crippen LogP contribution in [0.5, 0.6) is 5.75 Å². The van der Waals surface area contributed by atoms with Crippen LogP contribution in [-0.4, -0.2) is 16.7 Å². The average Bonchev–Trinajstić information content (AvgIpc) is 2.39. The van der Waals surface area contributed by atoms with E-state index >= 15 is 0 Å². The standard InChI is InChI=1S/C14H10N2O3/c15-6-1-2-7-9(5-6)13(18)11-8(12(7)17)3-4-10(16)14(11)19/h1-5,19H,15-16H2. The molecule has 0 fully saturated rings. The van der Waals surface area contributed by atoms with Gasteiger partial charge >= 0.3 is 0 Å². The van der Waals surface area contributed by atoms with Crippen LogP contribution in [0.2, 0.25) is 0 Å². The maximum Gasteiger partial charge on any atom is 0.198 e. The molecule has 0 saturated heterocycles. The molecule has 0 bridgehead atoms. The molecule has 94 valence electrons. The molecule has 0 unspecified atom stereocenters. The number of fused-ring (bicyclic) bond motifs is 2. The Morgan fingerprint density at radius 3 is 2.26 bits per heavy atom. The number of benzene rings is 2. The van der Waals surface area contributed by atoms with Crippen molar-refractivity contribution in [1.29, 1.82) is 0 Å². The molecule has 0 spiro atoms. The van der Waals surface area contributed by atoms with E-state index in [0.717, 1.165) is 0 Å². The van der Waals surface area contributed by atoms with Crippen molar-refractivity contribution < 1.29 is 14.7 Å². The van der Waals surface area contributed by atoms with Crippen LogP contribution in [0, 0.1) is 0 Å². The van der Waals surface area contributed by atoms with E-state index < -0.39 is 5.78 Å². The zero-order valence-corrected chi connectivity index (χ0v) is 9.81. The van der Waals surface area contributed by atoms with Crippen molar-refractivity contribution in [3.63, 3.8) is 0 Å². The van der Waals surface area contributed by atoms with Crippen molar-refractivity contribution in [2.24, 2.45) is 0 Å². The third-order valence-electron chi connectivity index (χ3n) is 3.21. The van der Waals surface area contributed by atoms with Crippen LogP contribution in [0.1, 0.15) is 31.8 Å². The zero-order valence-electron chi connectivity index (χ0n) is 9.81. The summed E-state index contributed by atoms with van der Waals surface area (Å²) in [4.78, 5) is 24.6. The number of carbonyl (C=O) groups excluding carboxylic acids is 2. The first-order chi connectivity index (χ1) is 9.00. The van der Waals surface area contributed by atoms with E-state index in [2.05, 4.69) is 0 Å². The molecule has 0 saturated carbocycles. The summed E-state index contributed by atoms with van der Waals surface area (Å²) in [7, 11) is 0. The van der Waals surface area contributed by atoms with Crippen LogP contribution in [0.3, 0.4) is 0 Å². The normalized spacial score (nSPS) is 13.1. The number of anilines is 2. The summed E-state index contributed by atoms with van der Waals surface area (Å²) in [6.45, 7) is 0. The van der Waals surface area contributed by atoms with Gasteiger partial charge < -0.3 is 16.6 Å². The molecule has 0 heterocycles. The number of nitrogens with two attached hydrogens (primary N) is 2. The molecular formula is C14H10N2O3. The molecule has 1 aliphatic rings. The second kappa shape index (κ2) is 3.58. The van der Waals surface area contributed by atoms with E-state index in [9.17, 15) is 14.7 Å². The Kier molecular flexibility index (Phi) is 2.13. The van der Waals surface area contributed by atoms with Crippen LogP contribution in [-0.2, 0) is 0 Å². The van der Waals surface area contributed by atoms with Crippen molar-refractivity contribution in [3.05, 3.63) is 52.6 Å². The van der Waals surface area contributed by atoms with Crippen molar-refractivity contribution in [2.75, 3.05) is 11.5 Å². The lowest BCUT2D eigenvalue weighted by atomic mass is 9.83. The Balaban J connectivity index is 2.36. The van der Waals surface area contributed by atoms with Gasteiger partial charge in [0.1, 0.15) is 5.75 Å². The first-order valence-electron chi connectivity index (χ1n) is 5.61. The SMILES string of the molecule is Nc1ccc2c(c1)C(=O)c1c(ccc(N)c1O)C2=O. The van der Waals surface area contributed by atoms with Gasteiger partial charge in [-0.15, -0.1) is 0 Å². The summed E-state index contributed by atoms with van der Waals surface area (Å²) in [5.74, 6) is -1.12. The summed E-state index contributed by atoms with van der Waals surface area (Å²) in [5.41, 5.74) is 12.2. The Morgan fingerprint density at radius 1 is 0.842 bits per heavy atom. The molecule has 3 rings (SSSR count). The van der Waals surface area contributed by atoms with E-state index in [0.29, 0.717) is 5.69 Å². The summed E-state index contributed by atoms with van der Waals surface area (Å²) >= 11 is 0. The highest BCUT2D eigenvalue weighted by Crippen LogP contribution is 2.36. The molecule has 5 heteroatoms. The highest BCUT2D eigenvalue weighted by molar-refractivity contribution is 6.29. The fourth-order valence-corrected chi connectivity index (χ4v) is 2.25. The lowest BCUT2D eigenvalue weighted by Crippen LogP contribution is -2.21. The quantitative estimate of drug-likeness (QED) is 0.414. The van der Waals surface area contributed by atoms with Gasteiger partial charge in [-0.1, -0.05) is 0 Å². The molecule has 1 aliphatic carbocycles. The highest BCUT2D eigenvalue weighted by atomic mass is 16.3. The Hall–Kier alpha value is -2.82. The van der Waals surface area contributed by atoms with Crippen molar-refractivity contribution in [1.82, 2.24) is 0 Å². The summed E-state index contributed by atoms with van der Waals surface area (Å²) < 4.78 is 0. The number of hydrogen-bond donors (Lipinski definition) is 3. The summed E-state index contributed by atoms with van der Waals surface area (Å²) in [6, 6.07) is 7.36. The monoisotopic (exact) mass is 254 g/mol. The minimum Gasteiger partial charge on any atom is -0.505 e. The minimum atomic E-state index is -0.443. The van der Waals surface area contributed by atoms with Crippen molar-refractivity contribution in [3.8, 4) is 5.75 Å². The smallest absolute Gasteiger partial charge is 0.198 e. The van der Waals surface area contributed by atoms with E-state index in [-0.39, 0.29) is 39.5 Å². The van der Waals surface area contributed by atoms with Crippen molar-refractivity contribution in [2.45, 2.75) is 0 Å². The van der Waals surface area contributed by atoms with Crippen LogP contribution in [0.15, 0.2) is 30.3 Å². The Morgan fingerprint density at radius 2 is 1.53 bits per heavy atom. The van der Waals surface area contributed by atoms with Crippen LogP contribution in [0.25, 0.3) is 0 Å². The first kappa shape index (κ1) is 11.3. The third kappa shape index (κ3) is 1.41. The number of hydrogen-bond acceptors (Lipinski definition) is 5. The zero-order chi connectivity index (χ0) is 13.7. The Labute approximate surface area is 108 Å². The molecule has 2 aromatic carbocycles. The van der Waals surface area contributed by atoms with Gasteiger partial charge in [-0.2, -0.15) is 0 Å². The molecule has 0 amide bonds. The number of aromatic hydroxyl groups is 1. The highest BCUT2D eigenvalue weighted by Gasteiger charge is 2.32. The second-order valence-electron chi connectivity index (χ2n) is 4.39. The van der Waals surface area contributed by atoms with E-state index in [1.54, 1.807) is 6.07 Å². The molecule has 2 aromatic rings. The van der Waals surface area contributed by atoms with Crippen LogP contribution >= 0.6 is 0 Å². The van der Waals surface area contributed by atoms with E-state index in [1.165, 1.54) is 24.3 Å².